The molecule has 0 saturated heterocycles. The Morgan fingerprint density at radius 1 is 1.59 bits per heavy atom. The van der Waals surface area contributed by atoms with Gasteiger partial charge in [-0.05, 0) is 0 Å². The summed E-state index contributed by atoms with van der Waals surface area (Å²) >= 11 is 6.47. The van der Waals surface area contributed by atoms with Crippen LogP contribution in [0.2, 0.25) is 0 Å². The van der Waals surface area contributed by atoms with Crippen molar-refractivity contribution in [1.82, 2.24) is 4.98 Å². The summed E-state index contributed by atoms with van der Waals surface area (Å²) in [5.41, 5.74) is 0.193. The largest absolute Gasteiger partial charge is 0.390 e. The monoisotopic (exact) mass is 286 g/mol. The minimum atomic E-state index is -4.19. The summed E-state index contributed by atoms with van der Waals surface area (Å²) in [7, 11) is 1.50. The molecule has 0 bridgehead atoms. The number of Topliss-reactive ketones (excluding diaryl/α,β-unsaturated/α-hetero) is 1. The van der Waals surface area contributed by atoms with Gasteiger partial charge in [0.25, 0.3) is 0 Å². The van der Waals surface area contributed by atoms with E-state index >= 15 is 0 Å². The van der Waals surface area contributed by atoms with Gasteiger partial charge in [0.2, 0.25) is 0 Å². The second kappa shape index (κ2) is 5.68. The van der Waals surface area contributed by atoms with Crippen molar-refractivity contribution in [2.24, 2.45) is 0 Å². The molecule has 1 heterocycles. The molecule has 1 aromatic rings. The second-order valence-corrected chi connectivity index (χ2v) is 4.46. The molecule has 0 atom stereocenters. The van der Waals surface area contributed by atoms with E-state index in [-0.39, 0.29) is 23.9 Å². The van der Waals surface area contributed by atoms with E-state index in [0.717, 1.165) is 11.3 Å². The molecule has 0 unspecified atom stereocenters. The van der Waals surface area contributed by atoms with Crippen molar-refractivity contribution in [2.75, 3.05) is 24.4 Å². The van der Waals surface area contributed by atoms with Gasteiger partial charge < -0.3 is 4.90 Å². The average molecular weight is 287 g/mol. The van der Waals surface area contributed by atoms with Crippen LogP contribution in [0.4, 0.5) is 18.3 Å². The molecule has 0 saturated carbocycles. The van der Waals surface area contributed by atoms with Crippen molar-refractivity contribution >= 4 is 33.9 Å². The minimum Gasteiger partial charge on any atom is -0.351 e. The molecule has 0 N–H and O–H groups in total. The fraction of sp³-hybridized carbons (Fsp3) is 0.556. The number of hydrogen-bond donors (Lipinski definition) is 0. The quantitative estimate of drug-likeness (QED) is 0.616. The van der Waals surface area contributed by atoms with Gasteiger partial charge in [0.1, 0.15) is 5.69 Å². The molecule has 0 aromatic carbocycles. The van der Waals surface area contributed by atoms with Gasteiger partial charge in [0.15, 0.2) is 10.9 Å². The number of rotatable bonds is 5. The zero-order chi connectivity index (χ0) is 13.1. The Morgan fingerprint density at radius 2 is 2.24 bits per heavy atom. The lowest BCUT2D eigenvalue weighted by Gasteiger charge is -2.16. The molecule has 17 heavy (non-hydrogen) atoms. The number of alkyl halides is 4. The van der Waals surface area contributed by atoms with Crippen LogP contribution in [0, 0.1) is 0 Å². The summed E-state index contributed by atoms with van der Waals surface area (Å²) in [6, 6.07) is 0. The van der Waals surface area contributed by atoms with Crippen LogP contribution in [0.1, 0.15) is 16.9 Å². The molecule has 0 aliphatic heterocycles. The minimum absolute atomic E-state index is 0.185. The molecule has 0 spiro atoms. The van der Waals surface area contributed by atoms with Gasteiger partial charge in [-0.15, -0.1) is 22.9 Å². The van der Waals surface area contributed by atoms with Gasteiger partial charge in [0, 0.05) is 19.0 Å². The molecule has 0 fully saturated rings. The van der Waals surface area contributed by atoms with E-state index < -0.39 is 12.6 Å². The van der Waals surface area contributed by atoms with Crippen LogP contribution in [0.3, 0.4) is 0 Å². The number of ketones is 1. The van der Waals surface area contributed by atoms with E-state index in [0.29, 0.717) is 5.13 Å². The van der Waals surface area contributed by atoms with E-state index in [4.69, 9.17) is 11.6 Å². The van der Waals surface area contributed by atoms with Gasteiger partial charge in [-0.1, -0.05) is 0 Å². The molecular weight excluding hydrogens is 277 g/mol. The zero-order valence-electron chi connectivity index (χ0n) is 8.92. The molecule has 1 rings (SSSR count). The lowest BCUT2D eigenvalue weighted by Crippen LogP contribution is -2.24. The summed E-state index contributed by atoms with van der Waals surface area (Å²) in [6.07, 6.45) is -5.11. The van der Waals surface area contributed by atoms with Crippen LogP contribution in [-0.2, 0) is 0 Å². The third kappa shape index (κ3) is 4.51. The van der Waals surface area contributed by atoms with Crippen molar-refractivity contribution in [2.45, 2.75) is 12.6 Å². The van der Waals surface area contributed by atoms with Crippen molar-refractivity contribution in [3.63, 3.8) is 0 Å². The Hall–Kier alpha value is -0.820. The van der Waals surface area contributed by atoms with E-state index in [1.165, 1.54) is 17.3 Å². The molecule has 0 aliphatic rings. The summed E-state index contributed by atoms with van der Waals surface area (Å²) < 4.78 is 36.0. The third-order valence-electron chi connectivity index (χ3n) is 1.96. The van der Waals surface area contributed by atoms with Crippen LogP contribution >= 0.6 is 22.9 Å². The van der Waals surface area contributed by atoms with Gasteiger partial charge in [-0.3, -0.25) is 4.79 Å². The standard InChI is InChI=1S/C9H10ClF3N2OS/c1-15(3-2-9(11,12)13)8-14-6(5-17-8)7(16)4-10/h5H,2-4H2,1H3. The van der Waals surface area contributed by atoms with Crippen molar-refractivity contribution < 1.29 is 18.0 Å². The molecule has 3 nitrogen and oxygen atoms in total. The second-order valence-electron chi connectivity index (χ2n) is 3.36. The van der Waals surface area contributed by atoms with Gasteiger partial charge in [-0.25, -0.2) is 4.98 Å². The number of halogens is 4. The highest BCUT2D eigenvalue weighted by molar-refractivity contribution is 7.13. The topological polar surface area (TPSA) is 33.2 Å². The zero-order valence-corrected chi connectivity index (χ0v) is 10.5. The molecule has 1 aromatic heterocycles. The Morgan fingerprint density at radius 3 is 2.76 bits per heavy atom. The van der Waals surface area contributed by atoms with E-state index in [1.54, 1.807) is 0 Å². The molecule has 0 aliphatic carbocycles. The van der Waals surface area contributed by atoms with Crippen LogP contribution < -0.4 is 4.90 Å². The molecule has 0 radical (unpaired) electrons. The number of aromatic nitrogens is 1. The highest BCUT2D eigenvalue weighted by Gasteiger charge is 2.27. The summed E-state index contributed by atoms with van der Waals surface area (Å²) in [4.78, 5) is 16.5. The predicted octanol–water partition coefficient (Wildman–Crippen LogP) is 2.95. The number of nitrogens with zero attached hydrogens (tertiary/aromatic N) is 2. The highest BCUT2D eigenvalue weighted by Crippen LogP contribution is 2.24. The van der Waals surface area contributed by atoms with Crippen molar-refractivity contribution in [3.8, 4) is 0 Å². The van der Waals surface area contributed by atoms with E-state index in [1.807, 2.05) is 0 Å². The number of carbonyl (C=O) groups is 1. The predicted molar refractivity (Wildman–Crippen MR) is 61.1 cm³/mol. The van der Waals surface area contributed by atoms with Crippen LogP contribution in [-0.4, -0.2) is 36.4 Å². The van der Waals surface area contributed by atoms with Crippen LogP contribution in [0.25, 0.3) is 0 Å². The highest BCUT2D eigenvalue weighted by atomic mass is 35.5. The first kappa shape index (κ1) is 14.2. The summed E-state index contributed by atoms with van der Waals surface area (Å²) in [6.45, 7) is -0.189. The first-order chi connectivity index (χ1) is 7.83. The summed E-state index contributed by atoms with van der Waals surface area (Å²) in [5.74, 6) is -0.520. The van der Waals surface area contributed by atoms with E-state index in [9.17, 15) is 18.0 Å². The fourth-order valence-electron chi connectivity index (χ4n) is 1.03. The van der Waals surface area contributed by atoms with Crippen molar-refractivity contribution in [1.29, 1.82) is 0 Å². The smallest absolute Gasteiger partial charge is 0.351 e. The maximum absolute atomic E-state index is 12.0. The lowest BCUT2D eigenvalue weighted by atomic mass is 10.3. The Balaban J connectivity index is 2.61. The molecule has 0 amide bonds. The maximum Gasteiger partial charge on any atom is 0.390 e. The van der Waals surface area contributed by atoms with E-state index in [2.05, 4.69) is 4.98 Å². The number of anilines is 1. The molecular formula is C9H10ClF3N2OS. The number of thiazole rings is 1. The summed E-state index contributed by atoms with van der Waals surface area (Å²) in [5, 5.41) is 1.87. The first-order valence-corrected chi connectivity index (χ1v) is 6.07. The lowest BCUT2D eigenvalue weighted by molar-refractivity contribution is -0.132. The first-order valence-electron chi connectivity index (χ1n) is 4.66. The van der Waals surface area contributed by atoms with Crippen molar-refractivity contribution in [3.05, 3.63) is 11.1 Å². The normalized spacial score (nSPS) is 11.6. The Kier molecular flexibility index (Phi) is 4.76. The third-order valence-corrected chi connectivity index (χ3v) is 3.15. The number of carbonyl (C=O) groups excluding carboxylic acids is 1. The maximum atomic E-state index is 12.0. The SMILES string of the molecule is CN(CCC(F)(F)F)c1nc(C(=O)CCl)cs1. The molecule has 8 heteroatoms. The van der Waals surface area contributed by atoms with Gasteiger partial charge in [-0.2, -0.15) is 13.2 Å². The van der Waals surface area contributed by atoms with Crippen LogP contribution in [0.5, 0.6) is 0 Å². The average Bonchev–Trinajstić information content (AvgIpc) is 2.73. The Bertz CT molecular complexity index is 394. The Labute approximate surface area is 105 Å². The number of hydrogen-bond acceptors (Lipinski definition) is 4. The van der Waals surface area contributed by atoms with Gasteiger partial charge >= 0.3 is 6.18 Å². The fourth-order valence-corrected chi connectivity index (χ4v) is 1.99. The van der Waals surface area contributed by atoms with Crippen LogP contribution in [0.15, 0.2) is 5.38 Å². The molecule has 96 valence electrons. The van der Waals surface area contributed by atoms with Gasteiger partial charge in [0.05, 0.1) is 12.3 Å².